The second-order valence-electron chi connectivity index (χ2n) is 4.06. The molecule has 0 unspecified atom stereocenters. The maximum Gasteiger partial charge on any atom is 0.229 e. The van der Waals surface area contributed by atoms with Crippen molar-refractivity contribution in [1.29, 1.82) is 0 Å². The summed E-state index contributed by atoms with van der Waals surface area (Å²) in [6.45, 7) is 3.81. The van der Waals surface area contributed by atoms with Gasteiger partial charge in [0.2, 0.25) is 6.29 Å². The molecule has 110 valence electrons. The first kappa shape index (κ1) is 16.2. The van der Waals surface area contributed by atoms with Gasteiger partial charge >= 0.3 is 0 Å². The molecule has 0 saturated carbocycles. The molecule has 1 saturated heterocycles. The van der Waals surface area contributed by atoms with Crippen molar-refractivity contribution in [3.05, 3.63) is 18.6 Å². The predicted octanol–water partition coefficient (Wildman–Crippen LogP) is 0.718. The number of hydrogen-bond donors (Lipinski definition) is 0. The average Bonchev–Trinajstić information content (AvgIpc) is 2.44. The van der Waals surface area contributed by atoms with E-state index in [0.29, 0.717) is 6.61 Å². The second-order valence-corrected chi connectivity index (χ2v) is 4.06. The highest BCUT2D eigenvalue weighted by Gasteiger charge is 2.47. The Labute approximate surface area is 113 Å². The molecule has 1 aliphatic rings. The van der Waals surface area contributed by atoms with Gasteiger partial charge in [-0.1, -0.05) is 12.3 Å². The lowest BCUT2D eigenvalue weighted by molar-refractivity contribution is -0.301. The molecule has 1 heterocycles. The Bertz CT molecular complexity index is 302. The third kappa shape index (κ3) is 3.79. The fraction of sp³-hybridized carbons (Fsp3) is 0.769. The summed E-state index contributed by atoms with van der Waals surface area (Å²) in [6.07, 6.45) is -0.659. The van der Waals surface area contributed by atoms with E-state index in [-0.39, 0.29) is 18.3 Å². The smallest absolute Gasteiger partial charge is 0.229 e. The maximum absolute atomic E-state index is 5.79. The van der Waals surface area contributed by atoms with Crippen LogP contribution >= 0.6 is 0 Å². The van der Waals surface area contributed by atoms with Gasteiger partial charge < -0.3 is 28.4 Å². The molecule has 6 heteroatoms. The van der Waals surface area contributed by atoms with Gasteiger partial charge in [0.1, 0.15) is 30.7 Å². The second kappa shape index (κ2) is 8.32. The topological polar surface area (TPSA) is 55.4 Å². The lowest BCUT2D eigenvalue weighted by Crippen LogP contribution is -2.60. The van der Waals surface area contributed by atoms with Crippen LogP contribution in [0.5, 0.6) is 0 Å². The highest BCUT2D eigenvalue weighted by atomic mass is 16.7. The van der Waals surface area contributed by atoms with E-state index in [9.17, 15) is 0 Å². The van der Waals surface area contributed by atoms with E-state index in [2.05, 4.69) is 12.3 Å². The average molecular weight is 274 g/mol. The van der Waals surface area contributed by atoms with Gasteiger partial charge in [0.25, 0.3) is 0 Å². The normalized spacial score (nSPS) is 34.6. The Morgan fingerprint density at radius 1 is 1.05 bits per heavy atom. The molecule has 1 fully saturated rings. The minimum absolute atomic E-state index is 0.303. The standard InChI is InChI=1S/C13H22O6/c1-6-7-18-13-12(17-5)11(16-4)10(15-3)9(19-13)8-14-2/h7,9-13H,1,8H2,2-5H3/t9-,10-,11+,12-,13+/m1/s1. The molecule has 0 aliphatic carbocycles. The summed E-state index contributed by atoms with van der Waals surface area (Å²) in [4.78, 5) is 0. The summed E-state index contributed by atoms with van der Waals surface area (Å²) < 4.78 is 32.6. The van der Waals surface area contributed by atoms with Crippen LogP contribution in [0.4, 0.5) is 0 Å². The molecule has 6 nitrogen and oxygen atoms in total. The molecular weight excluding hydrogens is 252 g/mol. The van der Waals surface area contributed by atoms with Crippen molar-refractivity contribution in [2.24, 2.45) is 0 Å². The van der Waals surface area contributed by atoms with Crippen molar-refractivity contribution in [2.45, 2.75) is 30.7 Å². The Kier molecular flexibility index (Phi) is 7.09. The van der Waals surface area contributed by atoms with Gasteiger partial charge in [-0.05, 0) is 0 Å². The summed E-state index contributed by atoms with van der Waals surface area (Å²) in [5.74, 6) is 0. The van der Waals surface area contributed by atoms with Crippen molar-refractivity contribution in [2.75, 3.05) is 35.0 Å². The van der Waals surface area contributed by atoms with Gasteiger partial charge in [0.15, 0.2) is 0 Å². The summed E-state index contributed by atoms with van der Waals surface area (Å²) in [5.41, 5.74) is 2.53. The van der Waals surface area contributed by atoms with Crippen LogP contribution in [0.1, 0.15) is 0 Å². The van der Waals surface area contributed by atoms with Crippen molar-refractivity contribution in [3.63, 3.8) is 0 Å². The lowest BCUT2D eigenvalue weighted by atomic mass is 9.98. The quantitative estimate of drug-likeness (QED) is 0.503. The van der Waals surface area contributed by atoms with Gasteiger partial charge in [-0.2, -0.15) is 0 Å². The van der Waals surface area contributed by atoms with Crippen LogP contribution in [0.3, 0.4) is 0 Å². The highest BCUT2D eigenvalue weighted by molar-refractivity contribution is 4.92. The summed E-state index contributed by atoms with van der Waals surface area (Å²) in [6, 6.07) is 0. The molecule has 19 heavy (non-hydrogen) atoms. The van der Waals surface area contributed by atoms with Crippen LogP contribution < -0.4 is 0 Å². The third-order valence-electron chi connectivity index (χ3n) is 3.02. The van der Waals surface area contributed by atoms with Crippen molar-refractivity contribution >= 4 is 0 Å². The van der Waals surface area contributed by atoms with E-state index >= 15 is 0 Å². The zero-order valence-electron chi connectivity index (χ0n) is 11.8. The van der Waals surface area contributed by atoms with E-state index in [1.54, 1.807) is 28.4 Å². The van der Waals surface area contributed by atoms with Crippen LogP contribution in [-0.2, 0) is 28.4 Å². The predicted molar refractivity (Wildman–Crippen MR) is 67.7 cm³/mol. The monoisotopic (exact) mass is 274 g/mol. The largest absolute Gasteiger partial charge is 0.461 e. The molecular formula is C13H22O6. The molecule has 0 bridgehead atoms. The van der Waals surface area contributed by atoms with Crippen LogP contribution in [0.2, 0.25) is 0 Å². The molecule has 5 atom stereocenters. The van der Waals surface area contributed by atoms with Gasteiger partial charge in [-0.15, -0.1) is 0 Å². The van der Waals surface area contributed by atoms with E-state index in [1.807, 2.05) is 0 Å². The van der Waals surface area contributed by atoms with Gasteiger partial charge in [0, 0.05) is 28.4 Å². The zero-order valence-corrected chi connectivity index (χ0v) is 11.8. The van der Waals surface area contributed by atoms with Crippen molar-refractivity contribution in [1.82, 2.24) is 0 Å². The molecule has 0 spiro atoms. The number of methoxy groups -OCH3 is 4. The van der Waals surface area contributed by atoms with Crippen LogP contribution in [0.15, 0.2) is 18.6 Å². The Morgan fingerprint density at radius 2 is 1.68 bits per heavy atom. The summed E-state index contributed by atoms with van der Waals surface area (Å²) in [5, 5.41) is 0. The minimum Gasteiger partial charge on any atom is -0.461 e. The number of rotatable bonds is 7. The molecule has 1 aliphatic heterocycles. The highest BCUT2D eigenvalue weighted by Crippen LogP contribution is 2.28. The number of hydrogen-bond acceptors (Lipinski definition) is 6. The maximum atomic E-state index is 5.79. The molecule has 0 radical (unpaired) electrons. The SMILES string of the molecule is C=C=CO[C@H]1O[C@H](COC)[C@@H](OC)[C@H](OC)[C@H]1OC. The van der Waals surface area contributed by atoms with E-state index < -0.39 is 12.4 Å². The molecule has 0 amide bonds. The summed E-state index contributed by atoms with van der Waals surface area (Å²) in [7, 11) is 6.36. The van der Waals surface area contributed by atoms with Gasteiger partial charge in [-0.25, -0.2) is 0 Å². The van der Waals surface area contributed by atoms with Gasteiger partial charge in [-0.3, -0.25) is 0 Å². The molecule has 1 rings (SSSR count). The number of ether oxygens (including phenoxy) is 6. The van der Waals surface area contributed by atoms with Crippen LogP contribution in [-0.4, -0.2) is 65.8 Å². The fourth-order valence-electron chi connectivity index (χ4n) is 2.20. The van der Waals surface area contributed by atoms with Gasteiger partial charge in [0.05, 0.1) is 6.61 Å². The first-order chi connectivity index (χ1) is 9.23. The van der Waals surface area contributed by atoms with Crippen LogP contribution in [0.25, 0.3) is 0 Å². The Hall–Kier alpha value is -0.880. The Morgan fingerprint density at radius 3 is 2.16 bits per heavy atom. The third-order valence-corrected chi connectivity index (χ3v) is 3.02. The molecule has 0 aromatic rings. The van der Waals surface area contributed by atoms with Crippen molar-refractivity contribution in [3.8, 4) is 0 Å². The first-order valence-corrected chi connectivity index (χ1v) is 5.96. The molecule has 0 aromatic heterocycles. The Balaban J connectivity index is 2.90. The first-order valence-electron chi connectivity index (χ1n) is 5.96. The van der Waals surface area contributed by atoms with Crippen molar-refractivity contribution < 1.29 is 28.4 Å². The molecule has 0 aromatic carbocycles. The minimum atomic E-state index is -0.629. The van der Waals surface area contributed by atoms with E-state index in [0.717, 1.165) is 0 Å². The van der Waals surface area contributed by atoms with E-state index in [4.69, 9.17) is 28.4 Å². The lowest BCUT2D eigenvalue weighted by Gasteiger charge is -2.43. The molecule has 0 N–H and O–H groups in total. The van der Waals surface area contributed by atoms with E-state index in [1.165, 1.54) is 6.26 Å². The summed E-state index contributed by atoms with van der Waals surface area (Å²) >= 11 is 0. The van der Waals surface area contributed by atoms with Crippen LogP contribution in [0, 0.1) is 0 Å². The zero-order chi connectivity index (χ0) is 14.3. The fourth-order valence-corrected chi connectivity index (χ4v) is 2.20.